The minimum atomic E-state index is 0.339. The first-order valence-corrected chi connectivity index (χ1v) is 7.07. The monoisotopic (exact) mass is 242 g/mol. The number of methoxy groups -OCH3 is 1. The minimum absolute atomic E-state index is 0.339. The summed E-state index contributed by atoms with van der Waals surface area (Å²) in [6, 6.07) is 0.461. The quantitative estimate of drug-likeness (QED) is 0.556. The van der Waals surface area contributed by atoms with E-state index in [4.69, 9.17) is 10.6 Å². The van der Waals surface area contributed by atoms with Crippen molar-refractivity contribution in [3.05, 3.63) is 0 Å². The second-order valence-corrected chi connectivity index (χ2v) is 5.92. The molecule has 0 bridgehead atoms. The highest BCUT2D eigenvalue weighted by atomic mass is 16.5. The van der Waals surface area contributed by atoms with Crippen LogP contribution in [0.25, 0.3) is 0 Å². The van der Waals surface area contributed by atoms with E-state index in [-0.39, 0.29) is 0 Å². The molecular weight excluding hydrogens is 212 g/mol. The molecule has 5 unspecified atom stereocenters. The van der Waals surface area contributed by atoms with Crippen LogP contribution >= 0.6 is 0 Å². The van der Waals surface area contributed by atoms with Gasteiger partial charge in [0, 0.05) is 13.2 Å². The number of hydrogen-bond acceptors (Lipinski definition) is 3. The topological polar surface area (TPSA) is 47.3 Å². The Kier molecular flexibility index (Phi) is 6.45. The summed E-state index contributed by atoms with van der Waals surface area (Å²) in [4.78, 5) is 0. The van der Waals surface area contributed by atoms with Gasteiger partial charge in [-0.2, -0.15) is 0 Å². The van der Waals surface area contributed by atoms with E-state index in [2.05, 4.69) is 26.2 Å². The van der Waals surface area contributed by atoms with Crippen molar-refractivity contribution in [1.29, 1.82) is 0 Å². The Morgan fingerprint density at radius 1 is 1.24 bits per heavy atom. The Hall–Kier alpha value is -0.120. The lowest BCUT2D eigenvalue weighted by atomic mass is 9.72. The van der Waals surface area contributed by atoms with Crippen LogP contribution in [0.3, 0.4) is 0 Å². The third kappa shape index (κ3) is 4.57. The maximum Gasteiger partial charge on any atom is 0.0543 e. The number of hydrogen-bond donors (Lipinski definition) is 2. The molecule has 3 heteroatoms. The molecule has 1 aliphatic rings. The van der Waals surface area contributed by atoms with Crippen molar-refractivity contribution in [2.24, 2.45) is 23.6 Å². The van der Waals surface area contributed by atoms with E-state index >= 15 is 0 Å². The van der Waals surface area contributed by atoms with Crippen LogP contribution in [0.1, 0.15) is 52.9 Å². The van der Waals surface area contributed by atoms with E-state index in [1.807, 2.05) is 0 Å². The maximum atomic E-state index is 5.72. The van der Waals surface area contributed by atoms with Gasteiger partial charge in [-0.25, -0.2) is 0 Å². The first-order chi connectivity index (χ1) is 8.08. The molecule has 1 fully saturated rings. The Balaban J connectivity index is 2.39. The Morgan fingerprint density at radius 2 is 1.94 bits per heavy atom. The van der Waals surface area contributed by atoms with E-state index in [0.717, 1.165) is 30.6 Å². The van der Waals surface area contributed by atoms with E-state index in [9.17, 15) is 0 Å². The number of rotatable bonds is 6. The fraction of sp³-hybridized carbons (Fsp3) is 1.00. The van der Waals surface area contributed by atoms with Gasteiger partial charge in [-0.1, -0.05) is 20.3 Å². The molecule has 0 aromatic rings. The van der Waals surface area contributed by atoms with Crippen LogP contribution in [0.2, 0.25) is 0 Å². The van der Waals surface area contributed by atoms with Crippen LogP contribution in [-0.4, -0.2) is 19.3 Å². The Bertz CT molecular complexity index is 210. The third-order valence-corrected chi connectivity index (χ3v) is 4.71. The van der Waals surface area contributed by atoms with Gasteiger partial charge in [0.05, 0.1) is 6.10 Å². The van der Waals surface area contributed by atoms with Crippen LogP contribution in [0.5, 0.6) is 0 Å². The van der Waals surface area contributed by atoms with E-state index in [1.165, 1.54) is 19.3 Å². The zero-order chi connectivity index (χ0) is 12.8. The lowest BCUT2D eigenvalue weighted by molar-refractivity contribution is 0.0968. The number of nitrogens with two attached hydrogens (primary N) is 1. The molecule has 17 heavy (non-hydrogen) atoms. The average Bonchev–Trinajstić information content (AvgIpc) is 2.33. The molecular formula is C14H30N2O. The first kappa shape index (κ1) is 14.9. The number of nitrogens with one attached hydrogen (secondary N) is 1. The smallest absolute Gasteiger partial charge is 0.0543 e. The van der Waals surface area contributed by atoms with Gasteiger partial charge in [-0.3, -0.25) is 11.3 Å². The predicted octanol–water partition coefficient (Wildman–Crippen LogP) is 2.71. The highest BCUT2D eigenvalue weighted by Gasteiger charge is 2.29. The molecule has 102 valence electrons. The molecule has 0 aliphatic heterocycles. The van der Waals surface area contributed by atoms with E-state index in [1.54, 1.807) is 7.11 Å². The minimum Gasteiger partial charge on any atom is -0.382 e. The summed E-state index contributed by atoms with van der Waals surface area (Å²) >= 11 is 0. The average molecular weight is 242 g/mol. The molecule has 1 saturated carbocycles. The molecule has 0 aromatic carbocycles. The predicted molar refractivity (Wildman–Crippen MR) is 72.5 cm³/mol. The Labute approximate surface area is 106 Å². The van der Waals surface area contributed by atoms with Gasteiger partial charge >= 0.3 is 0 Å². The molecule has 0 aromatic heterocycles. The second-order valence-electron chi connectivity index (χ2n) is 5.92. The van der Waals surface area contributed by atoms with Gasteiger partial charge in [-0.05, 0) is 50.4 Å². The summed E-state index contributed by atoms with van der Waals surface area (Å²) in [5.41, 5.74) is 3.03. The Morgan fingerprint density at radius 3 is 2.47 bits per heavy atom. The standard InChI is InChI=1S/C14H30N2O/c1-10-5-7-13(9-11(10)2)14(16-15)8-6-12(3)17-4/h10-14,16H,5-9,15H2,1-4H3. The molecule has 3 N–H and O–H groups in total. The fourth-order valence-corrected chi connectivity index (χ4v) is 2.94. The van der Waals surface area contributed by atoms with Crippen molar-refractivity contribution >= 4 is 0 Å². The van der Waals surface area contributed by atoms with Crippen LogP contribution in [-0.2, 0) is 4.74 Å². The van der Waals surface area contributed by atoms with Gasteiger partial charge in [0.1, 0.15) is 0 Å². The van der Waals surface area contributed by atoms with Crippen molar-refractivity contribution in [3.8, 4) is 0 Å². The highest BCUT2D eigenvalue weighted by Crippen LogP contribution is 2.35. The summed E-state index contributed by atoms with van der Waals surface area (Å²) in [7, 11) is 1.78. The lowest BCUT2D eigenvalue weighted by Gasteiger charge is -2.36. The molecule has 0 saturated heterocycles. The van der Waals surface area contributed by atoms with Crippen LogP contribution in [0.4, 0.5) is 0 Å². The normalized spacial score (nSPS) is 33.4. The van der Waals surface area contributed by atoms with Crippen LogP contribution < -0.4 is 11.3 Å². The van der Waals surface area contributed by atoms with Gasteiger partial charge < -0.3 is 4.74 Å². The fourth-order valence-electron chi connectivity index (χ4n) is 2.94. The van der Waals surface area contributed by atoms with Gasteiger partial charge in [-0.15, -0.1) is 0 Å². The van der Waals surface area contributed by atoms with Gasteiger partial charge in [0.25, 0.3) is 0 Å². The maximum absolute atomic E-state index is 5.72. The molecule has 3 nitrogen and oxygen atoms in total. The molecule has 1 aliphatic carbocycles. The SMILES string of the molecule is COC(C)CCC(NN)C1CCC(C)C(C)C1. The van der Waals surface area contributed by atoms with Crippen molar-refractivity contribution < 1.29 is 4.74 Å². The van der Waals surface area contributed by atoms with Crippen molar-refractivity contribution in [2.45, 2.75) is 65.0 Å². The second kappa shape index (κ2) is 7.34. The molecule has 1 rings (SSSR count). The summed E-state index contributed by atoms with van der Waals surface area (Å²) in [5.74, 6) is 8.18. The highest BCUT2D eigenvalue weighted by molar-refractivity contribution is 4.83. The van der Waals surface area contributed by atoms with Crippen molar-refractivity contribution in [1.82, 2.24) is 5.43 Å². The largest absolute Gasteiger partial charge is 0.382 e. The van der Waals surface area contributed by atoms with Crippen LogP contribution in [0.15, 0.2) is 0 Å². The summed E-state index contributed by atoms with van der Waals surface area (Å²) in [5, 5.41) is 0. The van der Waals surface area contributed by atoms with E-state index in [0.29, 0.717) is 12.1 Å². The molecule has 0 heterocycles. The van der Waals surface area contributed by atoms with Crippen molar-refractivity contribution in [2.75, 3.05) is 7.11 Å². The van der Waals surface area contributed by atoms with Gasteiger partial charge in [0.15, 0.2) is 0 Å². The molecule has 0 amide bonds. The number of hydrazine groups is 1. The molecule has 5 atom stereocenters. The van der Waals surface area contributed by atoms with Crippen molar-refractivity contribution in [3.63, 3.8) is 0 Å². The zero-order valence-corrected chi connectivity index (χ0v) is 11.9. The zero-order valence-electron chi connectivity index (χ0n) is 11.9. The summed E-state index contributed by atoms with van der Waals surface area (Å²) in [6.45, 7) is 6.88. The third-order valence-electron chi connectivity index (χ3n) is 4.71. The molecule has 0 radical (unpaired) electrons. The lowest BCUT2D eigenvalue weighted by Crippen LogP contribution is -2.43. The molecule has 0 spiro atoms. The number of ether oxygens (including phenoxy) is 1. The first-order valence-electron chi connectivity index (χ1n) is 7.07. The van der Waals surface area contributed by atoms with Crippen LogP contribution in [0, 0.1) is 17.8 Å². The summed E-state index contributed by atoms with van der Waals surface area (Å²) in [6.07, 6.45) is 6.54. The summed E-state index contributed by atoms with van der Waals surface area (Å²) < 4.78 is 5.30. The van der Waals surface area contributed by atoms with Gasteiger partial charge in [0.2, 0.25) is 0 Å². The van der Waals surface area contributed by atoms with E-state index < -0.39 is 0 Å².